The second-order valence-corrected chi connectivity index (χ2v) is 8.51. The standard InChI is InChI=1S/C17H19Cl2N3O2S/c1-21-8-10-22(11-9-21)15-5-3-14(4-6-15)20-25(23,24)17-12-13(18)2-7-16(17)19/h2-7,12,20H,8-11H2,1H3. The fraction of sp³-hybridized carbons (Fsp3) is 0.294. The van der Waals surface area contributed by atoms with Gasteiger partial charge in [0.15, 0.2) is 0 Å². The van der Waals surface area contributed by atoms with Crippen LogP contribution in [0.2, 0.25) is 10.0 Å². The maximum Gasteiger partial charge on any atom is 0.263 e. The minimum atomic E-state index is -3.80. The molecule has 5 nitrogen and oxygen atoms in total. The molecule has 0 unspecified atom stereocenters. The molecule has 0 bridgehead atoms. The van der Waals surface area contributed by atoms with Crippen molar-refractivity contribution in [3.05, 3.63) is 52.5 Å². The van der Waals surface area contributed by atoms with Gasteiger partial charge in [-0.15, -0.1) is 0 Å². The van der Waals surface area contributed by atoms with Crippen molar-refractivity contribution in [1.29, 1.82) is 0 Å². The van der Waals surface area contributed by atoms with E-state index in [4.69, 9.17) is 23.2 Å². The minimum absolute atomic E-state index is 0.0372. The number of piperazine rings is 1. The van der Waals surface area contributed by atoms with E-state index in [1.165, 1.54) is 12.1 Å². The lowest BCUT2D eigenvalue weighted by Crippen LogP contribution is -2.44. The molecule has 1 N–H and O–H groups in total. The summed E-state index contributed by atoms with van der Waals surface area (Å²) in [5.41, 5.74) is 1.56. The molecular weight excluding hydrogens is 381 g/mol. The van der Waals surface area contributed by atoms with E-state index < -0.39 is 10.0 Å². The summed E-state index contributed by atoms with van der Waals surface area (Å²) in [5.74, 6) is 0. The highest BCUT2D eigenvalue weighted by Crippen LogP contribution is 2.27. The van der Waals surface area contributed by atoms with Gasteiger partial charge in [-0.05, 0) is 49.5 Å². The van der Waals surface area contributed by atoms with Crippen molar-refractivity contribution in [2.45, 2.75) is 4.90 Å². The van der Waals surface area contributed by atoms with Crippen molar-refractivity contribution in [3.8, 4) is 0 Å². The second-order valence-electron chi connectivity index (χ2n) is 6.02. The van der Waals surface area contributed by atoms with Crippen LogP contribution in [0.1, 0.15) is 0 Å². The minimum Gasteiger partial charge on any atom is -0.369 e. The largest absolute Gasteiger partial charge is 0.369 e. The normalized spacial score (nSPS) is 16.0. The van der Waals surface area contributed by atoms with E-state index in [0.717, 1.165) is 31.9 Å². The molecule has 1 saturated heterocycles. The highest BCUT2D eigenvalue weighted by atomic mass is 35.5. The molecule has 0 spiro atoms. The first-order chi connectivity index (χ1) is 11.8. The van der Waals surface area contributed by atoms with Gasteiger partial charge in [0.2, 0.25) is 0 Å². The Morgan fingerprint density at radius 3 is 2.24 bits per heavy atom. The zero-order valence-electron chi connectivity index (χ0n) is 13.7. The first-order valence-electron chi connectivity index (χ1n) is 7.86. The van der Waals surface area contributed by atoms with Crippen LogP contribution in [0.15, 0.2) is 47.4 Å². The molecule has 2 aromatic carbocycles. The van der Waals surface area contributed by atoms with Crippen LogP contribution in [-0.4, -0.2) is 46.5 Å². The number of hydrogen-bond acceptors (Lipinski definition) is 4. The van der Waals surface area contributed by atoms with Crippen LogP contribution in [0.3, 0.4) is 0 Å². The zero-order valence-corrected chi connectivity index (χ0v) is 16.1. The topological polar surface area (TPSA) is 52.6 Å². The highest BCUT2D eigenvalue weighted by molar-refractivity contribution is 7.92. The molecule has 0 radical (unpaired) electrons. The SMILES string of the molecule is CN1CCN(c2ccc(NS(=O)(=O)c3cc(Cl)ccc3Cl)cc2)CC1. The third-order valence-electron chi connectivity index (χ3n) is 4.17. The molecular formula is C17H19Cl2N3O2S. The lowest BCUT2D eigenvalue weighted by atomic mass is 10.2. The van der Waals surface area contributed by atoms with Crippen molar-refractivity contribution in [1.82, 2.24) is 4.90 Å². The number of sulfonamides is 1. The molecule has 2 aromatic rings. The van der Waals surface area contributed by atoms with Gasteiger partial charge in [0.25, 0.3) is 10.0 Å². The summed E-state index contributed by atoms with van der Waals surface area (Å²) in [4.78, 5) is 4.53. The lowest BCUT2D eigenvalue weighted by Gasteiger charge is -2.34. The summed E-state index contributed by atoms with van der Waals surface area (Å²) in [5, 5.41) is 0.446. The Morgan fingerprint density at radius 2 is 1.60 bits per heavy atom. The third-order valence-corrected chi connectivity index (χ3v) is 6.27. The van der Waals surface area contributed by atoms with E-state index in [1.54, 1.807) is 18.2 Å². The number of likely N-dealkylation sites (N-methyl/N-ethyl adjacent to an activating group) is 1. The van der Waals surface area contributed by atoms with Crippen LogP contribution in [-0.2, 0) is 10.0 Å². The molecule has 25 heavy (non-hydrogen) atoms. The number of anilines is 2. The van der Waals surface area contributed by atoms with E-state index in [0.29, 0.717) is 10.7 Å². The third kappa shape index (κ3) is 4.39. The second kappa shape index (κ2) is 7.41. The Kier molecular flexibility index (Phi) is 5.43. The van der Waals surface area contributed by atoms with Crippen LogP contribution in [0.25, 0.3) is 0 Å². The van der Waals surface area contributed by atoms with E-state index in [1.807, 2.05) is 12.1 Å². The fourth-order valence-corrected chi connectivity index (χ4v) is 4.52. The number of nitrogens with one attached hydrogen (secondary N) is 1. The number of halogens is 2. The molecule has 1 fully saturated rings. The van der Waals surface area contributed by atoms with Gasteiger partial charge >= 0.3 is 0 Å². The molecule has 8 heteroatoms. The van der Waals surface area contributed by atoms with E-state index in [2.05, 4.69) is 21.6 Å². The van der Waals surface area contributed by atoms with Crippen LogP contribution in [0.4, 0.5) is 11.4 Å². The molecule has 134 valence electrons. The smallest absolute Gasteiger partial charge is 0.263 e. The Balaban J connectivity index is 1.75. The van der Waals surface area contributed by atoms with Crippen LogP contribution in [0, 0.1) is 0 Å². The molecule has 3 rings (SSSR count). The Labute approximate surface area is 158 Å². The molecule has 1 aliphatic rings. The molecule has 0 saturated carbocycles. The lowest BCUT2D eigenvalue weighted by molar-refractivity contribution is 0.313. The van der Waals surface area contributed by atoms with Crippen molar-refractivity contribution in [3.63, 3.8) is 0 Å². The van der Waals surface area contributed by atoms with Crippen molar-refractivity contribution < 1.29 is 8.42 Å². The maximum absolute atomic E-state index is 12.5. The maximum atomic E-state index is 12.5. The average Bonchev–Trinajstić information content (AvgIpc) is 2.58. The predicted molar refractivity (Wildman–Crippen MR) is 103 cm³/mol. The molecule has 0 aromatic heterocycles. The van der Waals surface area contributed by atoms with Crippen molar-refractivity contribution in [2.24, 2.45) is 0 Å². The quantitative estimate of drug-likeness (QED) is 0.853. The highest BCUT2D eigenvalue weighted by Gasteiger charge is 2.19. The first-order valence-corrected chi connectivity index (χ1v) is 10.1. The summed E-state index contributed by atoms with van der Waals surface area (Å²) >= 11 is 11.9. The number of hydrogen-bond donors (Lipinski definition) is 1. The summed E-state index contributed by atoms with van der Waals surface area (Å²) in [6.07, 6.45) is 0. The van der Waals surface area contributed by atoms with Gasteiger partial charge in [-0.2, -0.15) is 0 Å². The summed E-state index contributed by atoms with van der Waals surface area (Å²) in [6.45, 7) is 3.95. The number of benzene rings is 2. The van der Waals surface area contributed by atoms with Gasteiger partial charge in [-0.1, -0.05) is 23.2 Å². The van der Waals surface area contributed by atoms with Gasteiger partial charge in [0.05, 0.1) is 5.02 Å². The van der Waals surface area contributed by atoms with Crippen molar-refractivity contribution >= 4 is 44.6 Å². The van der Waals surface area contributed by atoms with Crippen LogP contribution in [0.5, 0.6) is 0 Å². The van der Waals surface area contributed by atoms with Crippen molar-refractivity contribution in [2.75, 3.05) is 42.8 Å². The molecule has 0 amide bonds. The van der Waals surface area contributed by atoms with Gasteiger partial charge in [-0.3, -0.25) is 4.72 Å². The van der Waals surface area contributed by atoms with Gasteiger partial charge in [0.1, 0.15) is 4.90 Å². The first kappa shape index (κ1) is 18.3. The van der Waals surface area contributed by atoms with Crippen LogP contribution < -0.4 is 9.62 Å². The Bertz CT molecular complexity index is 849. The summed E-state index contributed by atoms with van der Waals surface area (Å²) in [6, 6.07) is 11.7. The van der Waals surface area contributed by atoms with Gasteiger partial charge in [-0.25, -0.2) is 8.42 Å². The molecule has 0 atom stereocenters. The summed E-state index contributed by atoms with van der Waals surface area (Å²) in [7, 11) is -1.69. The predicted octanol–water partition coefficient (Wildman–Crippen LogP) is 3.55. The average molecular weight is 400 g/mol. The molecule has 0 aliphatic carbocycles. The monoisotopic (exact) mass is 399 g/mol. The molecule has 1 aliphatic heterocycles. The number of rotatable bonds is 4. The number of nitrogens with zero attached hydrogens (tertiary/aromatic N) is 2. The van der Waals surface area contributed by atoms with E-state index >= 15 is 0 Å². The Hall–Kier alpha value is -1.47. The molecule has 1 heterocycles. The van der Waals surface area contributed by atoms with E-state index in [9.17, 15) is 8.42 Å². The van der Waals surface area contributed by atoms with Gasteiger partial charge < -0.3 is 9.80 Å². The Morgan fingerprint density at radius 1 is 0.960 bits per heavy atom. The fourth-order valence-electron chi connectivity index (χ4n) is 2.70. The van der Waals surface area contributed by atoms with Gasteiger partial charge in [0, 0.05) is 42.6 Å². The summed E-state index contributed by atoms with van der Waals surface area (Å²) < 4.78 is 27.6. The zero-order chi connectivity index (χ0) is 18.0. The van der Waals surface area contributed by atoms with E-state index in [-0.39, 0.29) is 9.92 Å². The van der Waals surface area contributed by atoms with Crippen LogP contribution >= 0.6 is 23.2 Å².